The molecule has 2 N–H and O–H groups in total. The summed E-state index contributed by atoms with van der Waals surface area (Å²) >= 11 is 0. The molecule has 0 saturated carbocycles. The van der Waals surface area contributed by atoms with E-state index in [0.29, 0.717) is 10.00 Å². The molecule has 2 aromatic rings. The van der Waals surface area contributed by atoms with Crippen LogP contribution in [-0.4, -0.2) is 62.7 Å². The second-order valence-corrected chi connectivity index (χ2v) is 8.70. The molecule has 0 saturated heterocycles. The largest absolute Gasteiger partial charge is 0.511 e. The molecule has 0 aliphatic carbocycles. The van der Waals surface area contributed by atoms with Crippen LogP contribution in [0.2, 0.25) is 0 Å². The molecule has 17 heteroatoms. The first-order chi connectivity index (χ1) is 15.6. The monoisotopic (exact) mass is 517 g/mol. The third-order valence-electron chi connectivity index (χ3n) is 4.34. The van der Waals surface area contributed by atoms with Gasteiger partial charge in [0.25, 0.3) is 0 Å². The highest BCUT2D eigenvalue weighted by atomic mass is 32.2. The van der Waals surface area contributed by atoms with Gasteiger partial charge in [-0.05, 0) is 18.2 Å². The van der Waals surface area contributed by atoms with E-state index < -0.39 is 52.7 Å². The number of alkyl halides is 6. The Morgan fingerprint density at radius 3 is 2.29 bits per heavy atom. The van der Waals surface area contributed by atoms with Crippen molar-refractivity contribution in [2.75, 3.05) is 6.54 Å². The lowest BCUT2D eigenvalue weighted by Crippen LogP contribution is -2.47. The van der Waals surface area contributed by atoms with Crippen molar-refractivity contribution >= 4 is 21.9 Å². The van der Waals surface area contributed by atoms with Gasteiger partial charge >= 0.3 is 27.7 Å². The van der Waals surface area contributed by atoms with Crippen molar-refractivity contribution in [2.24, 2.45) is 0 Å². The second-order valence-electron chi connectivity index (χ2n) is 6.77. The number of carboxylic acids is 1. The molecule has 1 unspecified atom stereocenters. The minimum atomic E-state index is -5.49. The molecule has 1 aliphatic heterocycles. The van der Waals surface area contributed by atoms with Crippen LogP contribution < -0.4 is 5.32 Å². The number of fused-ring (bicyclic) bond motifs is 1. The number of carbonyl (C=O) groups is 2. The number of halogens is 6. The minimum Gasteiger partial charge on any atom is -0.475 e. The second kappa shape index (κ2) is 10.4. The highest BCUT2D eigenvalue weighted by Crippen LogP contribution is 2.32. The fraction of sp³-hybridized carbons (Fsp3) is 0.412. The number of carboxylic acid groups (broad SMARTS) is 1. The van der Waals surface area contributed by atoms with E-state index in [0.717, 1.165) is 0 Å². The Morgan fingerprint density at radius 2 is 1.76 bits per heavy atom. The molecule has 0 bridgehead atoms. The molecule has 0 fully saturated rings. The lowest BCUT2D eigenvalue weighted by atomic mass is 10.1. The zero-order chi connectivity index (χ0) is 25.7. The van der Waals surface area contributed by atoms with Gasteiger partial charge in [-0.2, -0.15) is 35.7 Å². The Morgan fingerprint density at radius 1 is 1.12 bits per heavy atom. The summed E-state index contributed by atoms with van der Waals surface area (Å²) < 4.78 is 95.6. The first-order valence-electron chi connectivity index (χ1n) is 9.18. The highest BCUT2D eigenvalue weighted by molar-refractivity contribution is 7.89. The number of amides is 1. The zero-order valence-electron chi connectivity index (χ0n) is 16.9. The van der Waals surface area contributed by atoms with Crippen molar-refractivity contribution in [2.45, 2.75) is 37.2 Å². The van der Waals surface area contributed by atoms with E-state index in [1.807, 2.05) is 0 Å². The predicted molar refractivity (Wildman–Crippen MR) is 101 cm³/mol. The molecule has 1 amide bonds. The number of nitrogens with zero attached hydrogens (tertiary/aromatic N) is 4. The number of sulfonamides is 1. The van der Waals surface area contributed by atoms with E-state index in [1.54, 1.807) is 24.4 Å². The summed E-state index contributed by atoms with van der Waals surface area (Å²) in [6, 6.07) is 5.78. The molecular formula is C17H17F6N5O5S. The smallest absolute Gasteiger partial charge is 0.475 e. The quantitative estimate of drug-likeness (QED) is 0.578. The van der Waals surface area contributed by atoms with Crippen LogP contribution in [0.15, 0.2) is 36.7 Å². The number of aliphatic carboxylic acids is 1. The standard InChI is InChI=1S/C15H16F3N5O3S.C2HF3O2/c16-15(17,18)27(25,26)22-9-12-4-6-21-23(12)13(10-22)7-14(24)20-8-11-3-1-2-5-19-11;3-2(4,5)1(6)7/h1-6,13H,7-10H2,(H,20,24);(H,6,7). The molecule has 0 aromatic carbocycles. The van der Waals surface area contributed by atoms with Gasteiger partial charge in [0.05, 0.1) is 36.9 Å². The van der Waals surface area contributed by atoms with Crippen LogP contribution in [0.1, 0.15) is 23.9 Å². The number of carbonyl (C=O) groups excluding carboxylic acids is 1. The Balaban J connectivity index is 0.000000509. The molecule has 34 heavy (non-hydrogen) atoms. The predicted octanol–water partition coefficient (Wildman–Crippen LogP) is 1.82. The van der Waals surface area contributed by atoms with Crippen LogP contribution in [-0.2, 0) is 32.7 Å². The highest BCUT2D eigenvalue weighted by Gasteiger charge is 2.51. The number of nitrogens with one attached hydrogen (secondary N) is 1. The zero-order valence-corrected chi connectivity index (χ0v) is 17.7. The maximum Gasteiger partial charge on any atom is 0.511 e. The summed E-state index contributed by atoms with van der Waals surface area (Å²) in [4.78, 5) is 25.1. The molecular weight excluding hydrogens is 500 g/mol. The SMILES string of the molecule is O=C(CC1CN(S(=O)(=O)C(F)(F)F)Cc2ccnn21)NCc1ccccn1.O=C(O)C(F)(F)F. The molecule has 10 nitrogen and oxygen atoms in total. The Hall–Kier alpha value is -3.21. The lowest BCUT2D eigenvalue weighted by Gasteiger charge is -2.33. The number of hydrogen-bond donors (Lipinski definition) is 2. The average Bonchev–Trinajstić information content (AvgIpc) is 3.21. The van der Waals surface area contributed by atoms with Gasteiger partial charge in [-0.3, -0.25) is 14.5 Å². The Bertz CT molecular complexity index is 1100. The van der Waals surface area contributed by atoms with Crippen LogP contribution >= 0.6 is 0 Å². The number of aromatic nitrogens is 3. The van der Waals surface area contributed by atoms with Crippen molar-refractivity contribution in [3.05, 3.63) is 48.0 Å². The first-order valence-corrected chi connectivity index (χ1v) is 10.6. The van der Waals surface area contributed by atoms with Crippen molar-refractivity contribution in [3.63, 3.8) is 0 Å². The van der Waals surface area contributed by atoms with Gasteiger partial charge in [-0.15, -0.1) is 0 Å². The van der Waals surface area contributed by atoms with Crippen molar-refractivity contribution in [3.8, 4) is 0 Å². The summed E-state index contributed by atoms with van der Waals surface area (Å²) in [5, 5.41) is 13.8. The van der Waals surface area contributed by atoms with Gasteiger partial charge in [0.15, 0.2) is 0 Å². The topological polar surface area (TPSA) is 134 Å². The summed E-state index contributed by atoms with van der Waals surface area (Å²) in [6.45, 7) is -0.787. The molecule has 0 spiro atoms. The van der Waals surface area contributed by atoms with Gasteiger partial charge in [0.2, 0.25) is 5.91 Å². The lowest BCUT2D eigenvalue weighted by molar-refractivity contribution is -0.192. The molecule has 1 atom stereocenters. The third-order valence-corrected chi connectivity index (χ3v) is 5.88. The van der Waals surface area contributed by atoms with E-state index in [1.165, 1.54) is 16.9 Å². The van der Waals surface area contributed by atoms with Gasteiger partial charge in [0, 0.05) is 18.9 Å². The Kier molecular flexibility index (Phi) is 8.25. The van der Waals surface area contributed by atoms with E-state index in [4.69, 9.17) is 9.90 Å². The van der Waals surface area contributed by atoms with E-state index >= 15 is 0 Å². The maximum atomic E-state index is 12.9. The fourth-order valence-electron chi connectivity index (χ4n) is 2.81. The Labute approximate surface area is 188 Å². The van der Waals surface area contributed by atoms with Gasteiger partial charge in [-0.25, -0.2) is 13.2 Å². The molecule has 0 radical (unpaired) electrons. The van der Waals surface area contributed by atoms with Crippen molar-refractivity contribution < 1.29 is 49.5 Å². The van der Waals surface area contributed by atoms with Crippen LogP contribution in [0.3, 0.4) is 0 Å². The van der Waals surface area contributed by atoms with E-state index in [2.05, 4.69) is 15.4 Å². The van der Waals surface area contributed by atoms with Gasteiger partial charge in [0.1, 0.15) is 0 Å². The van der Waals surface area contributed by atoms with Crippen LogP contribution in [0.5, 0.6) is 0 Å². The molecule has 2 aromatic heterocycles. The maximum absolute atomic E-state index is 12.9. The normalized spacial score (nSPS) is 16.7. The molecule has 188 valence electrons. The number of pyridine rings is 1. The summed E-state index contributed by atoms with van der Waals surface area (Å²) in [5.74, 6) is -3.20. The molecule has 3 rings (SSSR count). The van der Waals surface area contributed by atoms with Crippen LogP contribution in [0.4, 0.5) is 26.3 Å². The number of rotatable bonds is 5. The summed E-state index contributed by atoms with van der Waals surface area (Å²) in [5.41, 5.74) is -4.49. The van der Waals surface area contributed by atoms with Crippen LogP contribution in [0.25, 0.3) is 0 Å². The number of hydrogen-bond acceptors (Lipinski definition) is 6. The summed E-state index contributed by atoms with van der Waals surface area (Å²) in [7, 11) is -5.49. The van der Waals surface area contributed by atoms with Gasteiger partial charge < -0.3 is 10.4 Å². The van der Waals surface area contributed by atoms with Crippen molar-refractivity contribution in [1.82, 2.24) is 24.4 Å². The average molecular weight is 517 g/mol. The molecule has 3 heterocycles. The fourth-order valence-corrected chi connectivity index (χ4v) is 3.78. The molecule has 1 aliphatic rings. The van der Waals surface area contributed by atoms with Crippen molar-refractivity contribution in [1.29, 1.82) is 0 Å². The summed E-state index contributed by atoms with van der Waals surface area (Å²) in [6.07, 6.45) is -2.37. The minimum absolute atomic E-state index is 0.156. The third kappa shape index (κ3) is 6.89. The first kappa shape index (κ1) is 27.0. The van der Waals surface area contributed by atoms with E-state index in [-0.39, 0.29) is 18.7 Å². The van der Waals surface area contributed by atoms with E-state index in [9.17, 15) is 39.6 Å². The van der Waals surface area contributed by atoms with Gasteiger partial charge in [-0.1, -0.05) is 6.07 Å². The van der Waals surface area contributed by atoms with Crippen LogP contribution in [0, 0.1) is 0 Å².